The zero-order valence-corrected chi connectivity index (χ0v) is 10.8. The molecule has 1 aliphatic rings. The molecule has 0 aromatic rings. The summed E-state index contributed by atoms with van der Waals surface area (Å²) in [4.78, 5) is 23.0. The molecule has 0 aliphatic carbocycles. The van der Waals surface area contributed by atoms with Gasteiger partial charge in [-0.3, -0.25) is 5.32 Å². The van der Waals surface area contributed by atoms with Crippen LogP contribution in [0, 0.1) is 5.92 Å². The molecule has 1 aliphatic heterocycles. The normalized spacial score (nSPS) is 20.9. The number of rotatable bonds is 3. The third-order valence-corrected chi connectivity index (χ3v) is 3.31. The average Bonchev–Trinajstić information content (AvgIpc) is 2.25. The van der Waals surface area contributed by atoms with Crippen molar-refractivity contribution in [2.45, 2.75) is 19.9 Å². The molecule has 0 spiro atoms. The summed E-state index contributed by atoms with van der Waals surface area (Å²) in [5.74, 6) is -1.22. The van der Waals surface area contributed by atoms with Crippen molar-refractivity contribution < 1.29 is 23.3 Å². The number of carboxylic acids is 1. The van der Waals surface area contributed by atoms with E-state index >= 15 is 0 Å². The van der Waals surface area contributed by atoms with Crippen LogP contribution in [-0.4, -0.2) is 53.3 Å². The second kappa shape index (κ2) is 5.70. The van der Waals surface area contributed by atoms with Crippen LogP contribution in [0.2, 0.25) is 0 Å². The van der Waals surface area contributed by atoms with E-state index in [1.165, 1.54) is 0 Å². The van der Waals surface area contributed by atoms with E-state index < -0.39 is 18.0 Å². The minimum atomic E-state index is -1.04. The summed E-state index contributed by atoms with van der Waals surface area (Å²) in [6.45, 7) is 5.13. The highest BCUT2D eigenvalue weighted by Crippen LogP contribution is 2.11. The topological polar surface area (TPSA) is 75.6 Å². The number of aliphatic carboxylic acids is 1. The highest BCUT2D eigenvalue weighted by molar-refractivity contribution is 7.52. The molecule has 1 rings (SSSR count). The maximum Gasteiger partial charge on any atom is 0.399 e. The van der Waals surface area contributed by atoms with Crippen LogP contribution in [0.1, 0.15) is 13.8 Å². The molecular formula is C10H18N2O4S. The Morgan fingerprint density at radius 3 is 2.29 bits per heavy atom. The summed E-state index contributed by atoms with van der Waals surface area (Å²) < 4.78 is 4.91. The van der Waals surface area contributed by atoms with Gasteiger partial charge >= 0.3 is 12.0 Å². The number of carbonyl (C=O) groups is 2. The lowest BCUT2D eigenvalue weighted by Gasteiger charge is -2.44. The second-order valence-electron chi connectivity index (χ2n) is 4.46. The van der Waals surface area contributed by atoms with Crippen LogP contribution in [0.25, 0.3) is 0 Å². The van der Waals surface area contributed by atoms with E-state index in [0.717, 1.165) is 0 Å². The Labute approximate surface area is 106 Å². The average molecular weight is 262 g/mol. The number of urea groups is 1. The zero-order chi connectivity index (χ0) is 13.1. The van der Waals surface area contributed by atoms with Gasteiger partial charge in [-0.25, -0.2) is 9.59 Å². The van der Waals surface area contributed by atoms with Gasteiger partial charge in [0, 0.05) is 0 Å². The van der Waals surface area contributed by atoms with Crippen molar-refractivity contribution in [3.05, 3.63) is 0 Å². The number of nitrogens with one attached hydrogen (secondary N) is 1. The molecule has 6 nitrogen and oxygen atoms in total. The lowest BCUT2D eigenvalue weighted by Crippen LogP contribution is -2.61. The SMILES string of the molecule is CC(C)[C@H](NC(=O)[N+]1([S-])CCOCC1)C(=O)O. The third-order valence-electron chi connectivity index (χ3n) is 2.78. The van der Waals surface area contributed by atoms with Crippen LogP contribution >= 0.6 is 0 Å². The van der Waals surface area contributed by atoms with Gasteiger partial charge in [-0.05, 0) is 5.92 Å². The van der Waals surface area contributed by atoms with Gasteiger partial charge in [0.1, 0.15) is 6.04 Å². The van der Waals surface area contributed by atoms with Crippen molar-refractivity contribution in [2.24, 2.45) is 5.92 Å². The molecule has 2 N–H and O–H groups in total. The number of hydrogen-bond donors (Lipinski definition) is 2. The van der Waals surface area contributed by atoms with Gasteiger partial charge in [-0.15, -0.1) is 0 Å². The van der Waals surface area contributed by atoms with Crippen LogP contribution in [0.5, 0.6) is 0 Å². The standard InChI is InChI=1S/C10H18N2O4S/c1-7(2)8(9(13)14)11-10(15)12(17)3-5-16-6-4-12/h7-8H,3-6H2,1-2H3,(H,11,15)(H,13,14)/t8-/m0/s1. The van der Waals surface area contributed by atoms with Crippen LogP contribution in [0.3, 0.4) is 0 Å². The Bertz CT molecular complexity index is 303. The summed E-state index contributed by atoms with van der Waals surface area (Å²) in [5, 5.41) is 11.5. The Hall–Kier alpha value is -0.790. The van der Waals surface area contributed by atoms with Gasteiger partial charge in [-0.1, -0.05) is 13.8 Å². The molecule has 0 unspecified atom stereocenters. The Kier molecular flexibility index (Phi) is 4.79. The summed E-state index contributed by atoms with van der Waals surface area (Å²) in [6.07, 6.45) is 0. The first-order valence-electron chi connectivity index (χ1n) is 5.56. The van der Waals surface area contributed by atoms with Gasteiger partial charge in [0.05, 0.1) is 26.3 Å². The lowest BCUT2D eigenvalue weighted by molar-refractivity contribution is -0.722. The van der Waals surface area contributed by atoms with Crippen LogP contribution in [-0.2, 0) is 22.3 Å². The molecular weight excluding hydrogens is 244 g/mol. The first-order chi connectivity index (χ1) is 7.87. The molecule has 1 fully saturated rings. The fraction of sp³-hybridized carbons (Fsp3) is 0.800. The predicted molar refractivity (Wildman–Crippen MR) is 63.0 cm³/mol. The zero-order valence-electron chi connectivity index (χ0n) is 10.0. The van der Waals surface area contributed by atoms with Gasteiger partial charge in [0.15, 0.2) is 0 Å². The van der Waals surface area contributed by atoms with Gasteiger partial charge in [0.2, 0.25) is 0 Å². The smallest absolute Gasteiger partial charge is 0.399 e. The molecule has 0 bridgehead atoms. The molecule has 17 heavy (non-hydrogen) atoms. The first-order valence-corrected chi connectivity index (χ1v) is 5.93. The molecule has 0 radical (unpaired) electrons. The molecule has 1 saturated heterocycles. The number of carbonyl (C=O) groups excluding carboxylic acids is 1. The predicted octanol–water partition coefficient (Wildman–Crippen LogP) is 0.114. The molecule has 98 valence electrons. The van der Waals surface area contributed by atoms with Crippen LogP contribution < -0.4 is 5.32 Å². The Morgan fingerprint density at radius 2 is 1.88 bits per heavy atom. The molecule has 1 heterocycles. The summed E-state index contributed by atoms with van der Waals surface area (Å²) >= 11 is 5.22. The largest absolute Gasteiger partial charge is 0.483 e. The summed E-state index contributed by atoms with van der Waals surface area (Å²) in [6, 6.07) is -1.33. The Morgan fingerprint density at radius 1 is 1.35 bits per heavy atom. The molecule has 7 heteroatoms. The van der Waals surface area contributed by atoms with Crippen molar-refractivity contribution in [1.29, 1.82) is 0 Å². The Balaban J connectivity index is 2.66. The number of morpholine rings is 1. The highest BCUT2D eigenvalue weighted by atomic mass is 32.1. The first kappa shape index (κ1) is 14.3. The van der Waals surface area contributed by atoms with Gasteiger partial charge < -0.3 is 26.5 Å². The molecule has 0 aromatic carbocycles. The van der Waals surface area contributed by atoms with E-state index in [-0.39, 0.29) is 9.81 Å². The lowest BCUT2D eigenvalue weighted by atomic mass is 10.1. The summed E-state index contributed by atoms with van der Waals surface area (Å²) in [5.41, 5.74) is 0. The number of hydrogen-bond acceptors (Lipinski definition) is 4. The highest BCUT2D eigenvalue weighted by Gasteiger charge is 2.32. The number of carboxylic acid groups (broad SMARTS) is 1. The molecule has 0 saturated carbocycles. The van der Waals surface area contributed by atoms with Crippen molar-refractivity contribution in [2.75, 3.05) is 26.3 Å². The second-order valence-corrected chi connectivity index (χ2v) is 5.16. The monoisotopic (exact) mass is 262 g/mol. The molecule has 1 atom stereocenters. The van der Waals surface area contributed by atoms with Crippen LogP contribution in [0.15, 0.2) is 0 Å². The summed E-state index contributed by atoms with van der Waals surface area (Å²) in [7, 11) is 0. The van der Waals surface area contributed by atoms with Crippen LogP contribution in [0.4, 0.5) is 4.79 Å². The molecule has 2 amide bonds. The molecule has 0 aromatic heterocycles. The van der Waals surface area contributed by atoms with Crippen molar-refractivity contribution in [1.82, 2.24) is 5.32 Å². The maximum absolute atomic E-state index is 12.0. The van der Waals surface area contributed by atoms with Gasteiger partial charge in [-0.2, -0.15) is 0 Å². The van der Waals surface area contributed by atoms with Crippen molar-refractivity contribution >= 4 is 24.8 Å². The number of nitrogens with zero attached hydrogens (tertiary/aromatic N) is 1. The number of quaternary nitrogens is 1. The third kappa shape index (κ3) is 3.58. The minimum Gasteiger partial charge on any atom is -0.483 e. The fourth-order valence-corrected chi connectivity index (χ4v) is 1.81. The minimum absolute atomic E-state index is 0.181. The fourth-order valence-electron chi connectivity index (χ4n) is 1.61. The van der Waals surface area contributed by atoms with Crippen molar-refractivity contribution in [3.8, 4) is 0 Å². The van der Waals surface area contributed by atoms with E-state index in [2.05, 4.69) is 5.32 Å². The van der Waals surface area contributed by atoms with E-state index in [1.54, 1.807) is 13.8 Å². The maximum atomic E-state index is 12.0. The number of amides is 2. The quantitative estimate of drug-likeness (QED) is 0.558. The van der Waals surface area contributed by atoms with Crippen molar-refractivity contribution in [3.63, 3.8) is 0 Å². The van der Waals surface area contributed by atoms with E-state index in [1.807, 2.05) is 0 Å². The van der Waals surface area contributed by atoms with E-state index in [0.29, 0.717) is 26.3 Å². The van der Waals surface area contributed by atoms with E-state index in [4.69, 9.17) is 22.7 Å². The van der Waals surface area contributed by atoms with Gasteiger partial charge in [0.25, 0.3) is 0 Å². The van der Waals surface area contributed by atoms with E-state index in [9.17, 15) is 9.59 Å². The number of ether oxygens (including phenoxy) is 1.